The van der Waals surface area contributed by atoms with Crippen molar-refractivity contribution in [3.05, 3.63) is 59.7 Å². The zero-order chi connectivity index (χ0) is 13.7. The molecular weight excluding hydrogens is 339 g/mol. The van der Waals surface area contributed by atoms with E-state index in [0.29, 0.717) is 0 Å². The van der Waals surface area contributed by atoms with E-state index in [2.05, 4.69) is 12.1 Å². The summed E-state index contributed by atoms with van der Waals surface area (Å²) in [6.45, 7) is 0.734. The zero-order valence-electron chi connectivity index (χ0n) is 11.7. The number of fused-ring (bicyclic) bond motifs is 5. The summed E-state index contributed by atoms with van der Waals surface area (Å²) in [5, 5.41) is 0. The zero-order valence-corrected chi connectivity index (χ0v) is 14.6. The van der Waals surface area contributed by atoms with Gasteiger partial charge in [0.05, 0.1) is 0 Å². The van der Waals surface area contributed by atoms with Crippen LogP contribution in [0.3, 0.4) is 0 Å². The SMILES string of the molecule is CN1CC2c3ccccc3Oc3cc[c-]cc3C2C1=O.[Y]. The molecule has 2 aliphatic rings. The second kappa shape index (κ2) is 5.54. The Morgan fingerprint density at radius 3 is 2.81 bits per heavy atom. The summed E-state index contributed by atoms with van der Waals surface area (Å²) in [5.74, 6) is 1.79. The number of likely N-dealkylation sites (tertiary alicyclic amines) is 1. The molecule has 103 valence electrons. The average Bonchev–Trinajstić information content (AvgIpc) is 2.68. The summed E-state index contributed by atoms with van der Waals surface area (Å²) >= 11 is 0. The fourth-order valence-electron chi connectivity index (χ4n) is 3.29. The van der Waals surface area contributed by atoms with Gasteiger partial charge < -0.3 is 9.64 Å². The fourth-order valence-corrected chi connectivity index (χ4v) is 3.29. The van der Waals surface area contributed by atoms with Crippen molar-refractivity contribution in [1.82, 2.24) is 4.90 Å². The van der Waals surface area contributed by atoms with Crippen molar-refractivity contribution in [1.29, 1.82) is 0 Å². The third-order valence-corrected chi connectivity index (χ3v) is 4.24. The minimum atomic E-state index is -0.156. The Labute approximate surface area is 149 Å². The van der Waals surface area contributed by atoms with Crippen LogP contribution in [0.4, 0.5) is 0 Å². The summed E-state index contributed by atoms with van der Waals surface area (Å²) in [4.78, 5) is 14.3. The van der Waals surface area contributed by atoms with Gasteiger partial charge in [-0.25, -0.2) is 0 Å². The van der Waals surface area contributed by atoms with Crippen molar-refractivity contribution < 1.29 is 42.2 Å². The number of hydrogen-bond donors (Lipinski definition) is 0. The molecule has 2 atom stereocenters. The van der Waals surface area contributed by atoms with Crippen LogP contribution in [-0.2, 0) is 37.5 Å². The molecule has 2 heterocycles. The molecule has 1 radical (unpaired) electrons. The fraction of sp³-hybridized carbons (Fsp3) is 0.235. The first-order valence-electron chi connectivity index (χ1n) is 6.77. The van der Waals surface area contributed by atoms with E-state index in [1.165, 1.54) is 0 Å². The van der Waals surface area contributed by atoms with Crippen molar-refractivity contribution in [2.45, 2.75) is 11.8 Å². The third-order valence-electron chi connectivity index (χ3n) is 4.24. The number of ether oxygens (including phenoxy) is 1. The number of likely N-dealkylation sites (N-methyl/N-ethyl adjacent to an activating group) is 1. The van der Waals surface area contributed by atoms with Gasteiger partial charge in [0.25, 0.3) is 0 Å². The summed E-state index contributed by atoms with van der Waals surface area (Å²) in [5.41, 5.74) is 2.06. The van der Waals surface area contributed by atoms with Gasteiger partial charge in [-0.2, -0.15) is 18.2 Å². The first-order valence-corrected chi connectivity index (χ1v) is 6.77. The molecule has 1 amide bonds. The number of para-hydroxylation sites is 1. The topological polar surface area (TPSA) is 29.5 Å². The maximum absolute atomic E-state index is 12.5. The smallest absolute Gasteiger partial charge is 0.219 e. The number of carbonyl (C=O) groups excluding carboxylic acids is 1. The van der Waals surface area contributed by atoms with Crippen molar-refractivity contribution in [2.75, 3.05) is 13.6 Å². The molecule has 0 N–H and O–H groups in total. The van der Waals surface area contributed by atoms with Gasteiger partial charge in [-0.3, -0.25) is 4.79 Å². The predicted molar refractivity (Wildman–Crippen MR) is 74.9 cm³/mol. The monoisotopic (exact) mass is 353 g/mol. The number of nitrogens with zero attached hydrogens (tertiary/aromatic N) is 1. The van der Waals surface area contributed by atoms with E-state index in [-0.39, 0.29) is 50.5 Å². The summed E-state index contributed by atoms with van der Waals surface area (Å²) in [7, 11) is 1.87. The van der Waals surface area contributed by atoms with E-state index >= 15 is 0 Å². The van der Waals surface area contributed by atoms with Crippen molar-refractivity contribution in [2.24, 2.45) is 0 Å². The number of carbonyl (C=O) groups is 1. The molecule has 0 saturated carbocycles. The quantitative estimate of drug-likeness (QED) is 0.682. The Morgan fingerprint density at radius 1 is 1.19 bits per heavy atom. The van der Waals surface area contributed by atoms with Crippen LogP contribution in [0.5, 0.6) is 11.5 Å². The molecule has 4 rings (SSSR count). The van der Waals surface area contributed by atoms with Crippen molar-refractivity contribution >= 4 is 5.91 Å². The van der Waals surface area contributed by atoms with Crippen LogP contribution in [0.2, 0.25) is 0 Å². The van der Waals surface area contributed by atoms with Crippen LogP contribution in [0.25, 0.3) is 0 Å². The average molecular weight is 353 g/mol. The molecule has 2 aromatic carbocycles. The Bertz CT molecular complexity index is 701. The van der Waals surface area contributed by atoms with Crippen molar-refractivity contribution in [3.8, 4) is 11.5 Å². The molecule has 1 fully saturated rings. The van der Waals surface area contributed by atoms with E-state index in [1.807, 2.05) is 48.3 Å². The van der Waals surface area contributed by atoms with Crippen LogP contribution in [-0.4, -0.2) is 24.4 Å². The van der Waals surface area contributed by atoms with Crippen LogP contribution >= 0.6 is 0 Å². The Hall–Kier alpha value is -1.19. The molecule has 4 heteroatoms. The van der Waals surface area contributed by atoms with Gasteiger partial charge in [0.2, 0.25) is 5.91 Å². The van der Waals surface area contributed by atoms with Gasteiger partial charge in [0.15, 0.2) is 0 Å². The second-order valence-corrected chi connectivity index (χ2v) is 5.41. The van der Waals surface area contributed by atoms with E-state index in [0.717, 1.165) is 29.2 Å². The maximum atomic E-state index is 12.5. The molecular formula is C17H14NO2Y-. The second-order valence-electron chi connectivity index (χ2n) is 5.41. The number of benzene rings is 2. The van der Waals surface area contributed by atoms with E-state index in [4.69, 9.17) is 4.74 Å². The van der Waals surface area contributed by atoms with E-state index in [1.54, 1.807) is 0 Å². The minimum Gasteiger partial charge on any atom is -0.482 e. The number of hydrogen-bond acceptors (Lipinski definition) is 2. The van der Waals surface area contributed by atoms with Crippen LogP contribution in [0.15, 0.2) is 42.5 Å². The van der Waals surface area contributed by atoms with E-state index in [9.17, 15) is 4.79 Å². The third kappa shape index (κ3) is 2.23. The largest absolute Gasteiger partial charge is 0.482 e. The Morgan fingerprint density at radius 2 is 1.95 bits per heavy atom. The number of rotatable bonds is 0. The predicted octanol–water partition coefficient (Wildman–Crippen LogP) is 2.93. The van der Waals surface area contributed by atoms with E-state index < -0.39 is 0 Å². The van der Waals surface area contributed by atoms with Gasteiger partial charge in [0, 0.05) is 63.9 Å². The van der Waals surface area contributed by atoms with Crippen LogP contribution in [0.1, 0.15) is 23.0 Å². The standard InChI is InChI=1S/C17H14NO2.Y/c1-18-10-13-11-6-2-4-8-14(11)20-15-9-5-3-7-12(15)16(13)17(18)19;/h2,4-9,13,16H,10H2,1H3;/q-1;. The normalized spacial score (nSPS) is 22.3. The minimum absolute atomic E-state index is 0. The van der Waals surface area contributed by atoms with Crippen LogP contribution in [0, 0.1) is 6.07 Å². The van der Waals surface area contributed by atoms with Gasteiger partial charge >= 0.3 is 0 Å². The molecule has 2 aromatic rings. The van der Waals surface area contributed by atoms with Gasteiger partial charge in [-0.05, 0) is 11.6 Å². The maximum Gasteiger partial charge on any atom is 0.219 e. The molecule has 2 aliphatic heterocycles. The van der Waals surface area contributed by atoms with Gasteiger partial charge in [-0.1, -0.05) is 18.2 Å². The summed E-state index contributed by atoms with van der Waals surface area (Å²) < 4.78 is 6.03. The molecule has 1 saturated heterocycles. The molecule has 0 spiro atoms. The molecule has 2 unspecified atom stereocenters. The van der Waals surface area contributed by atoms with Gasteiger partial charge in [-0.15, -0.1) is 11.6 Å². The Kier molecular flexibility index (Phi) is 3.89. The first-order chi connectivity index (χ1) is 9.75. The molecule has 0 aliphatic carbocycles. The summed E-state index contributed by atoms with van der Waals surface area (Å²) in [6.07, 6.45) is 0. The Balaban J connectivity index is 0.00000132. The first kappa shape index (κ1) is 14.7. The molecule has 0 aromatic heterocycles. The molecule has 3 nitrogen and oxygen atoms in total. The molecule has 0 bridgehead atoms. The van der Waals surface area contributed by atoms with Gasteiger partial charge in [0.1, 0.15) is 5.75 Å². The number of amides is 1. The summed E-state index contributed by atoms with van der Waals surface area (Å²) in [6, 6.07) is 16.7. The van der Waals surface area contributed by atoms with Crippen molar-refractivity contribution in [3.63, 3.8) is 0 Å². The molecule has 21 heavy (non-hydrogen) atoms. The van der Waals surface area contributed by atoms with Crippen LogP contribution < -0.4 is 4.74 Å².